The Hall–Kier alpha value is -1.54. The van der Waals surface area contributed by atoms with Crippen LogP contribution in [0.3, 0.4) is 0 Å². The van der Waals surface area contributed by atoms with Crippen LogP contribution >= 0.6 is 0 Å². The molecule has 1 fully saturated rings. The number of fused-ring (bicyclic) bond motifs is 1. The predicted octanol–water partition coefficient (Wildman–Crippen LogP) is 3.70. The zero-order valence-electron chi connectivity index (χ0n) is 11.6. The molecular formula is C17H22N2. The second-order valence-electron chi connectivity index (χ2n) is 5.59. The van der Waals surface area contributed by atoms with E-state index in [0.29, 0.717) is 6.04 Å². The van der Waals surface area contributed by atoms with Gasteiger partial charge in [-0.15, -0.1) is 0 Å². The Kier molecular flexibility index (Phi) is 3.69. The van der Waals surface area contributed by atoms with E-state index in [1.807, 2.05) is 0 Å². The second kappa shape index (κ2) is 5.62. The van der Waals surface area contributed by atoms with Crippen molar-refractivity contribution in [2.75, 3.05) is 18.4 Å². The molecule has 0 aliphatic carbocycles. The number of aryl methyl sites for hydroxylation is 1. The molecule has 2 N–H and O–H groups in total. The molecule has 1 saturated heterocycles. The normalized spacial score (nSPS) is 19.5. The molecule has 3 rings (SSSR count). The number of rotatable bonds is 3. The van der Waals surface area contributed by atoms with Gasteiger partial charge >= 0.3 is 0 Å². The Morgan fingerprint density at radius 3 is 2.79 bits per heavy atom. The van der Waals surface area contributed by atoms with Crippen molar-refractivity contribution in [1.29, 1.82) is 0 Å². The van der Waals surface area contributed by atoms with Gasteiger partial charge in [0.1, 0.15) is 0 Å². The minimum absolute atomic E-state index is 0.627. The average Bonchev–Trinajstić information content (AvgIpc) is 2.46. The Balaban J connectivity index is 1.69. The first-order valence-electron chi connectivity index (χ1n) is 7.29. The van der Waals surface area contributed by atoms with Crippen LogP contribution in [0, 0.1) is 6.92 Å². The summed E-state index contributed by atoms with van der Waals surface area (Å²) in [5.41, 5.74) is 2.54. The van der Waals surface area contributed by atoms with Crippen molar-refractivity contribution in [2.45, 2.75) is 32.2 Å². The maximum absolute atomic E-state index is 3.57. The minimum Gasteiger partial charge on any atom is -0.383 e. The first-order chi connectivity index (χ1) is 9.31. The molecule has 1 atom stereocenters. The Bertz CT molecular complexity index is 556. The number of hydrogen-bond donors (Lipinski definition) is 2. The SMILES string of the molecule is Cc1ccc2cc(NCC3CCCCN3)ccc2c1. The highest BCUT2D eigenvalue weighted by atomic mass is 15.0. The minimum atomic E-state index is 0.627. The van der Waals surface area contributed by atoms with E-state index in [9.17, 15) is 0 Å². The van der Waals surface area contributed by atoms with Crippen molar-refractivity contribution >= 4 is 16.5 Å². The van der Waals surface area contributed by atoms with Crippen LogP contribution in [0.1, 0.15) is 24.8 Å². The van der Waals surface area contributed by atoms with E-state index in [0.717, 1.165) is 6.54 Å². The average molecular weight is 254 g/mol. The van der Waals surface area contributed by atoms with Crippen LogP contribution in [-0.2, 0) is 0 Å². The summed E-state index contributed by atoms with van der Waals surface area (Å²) in [6, 6.07) is 13.9. The van der Waals surface area contributed by atoms with Crippen LogP contribution in [0.25, 0.3) is 10.8 Å². The molecule has 1 aliphatic heterocycles. The van der Waals surface area contributed by atoms with Gasteiger partial charge in [0.2, 0.25) is 0 Å². The van der Waals surface area contributed by atoms with E-state index >= 15 is 0 Å². The molecule has 0 radical (unpaired) electrons. The molecule has 1 unspecified atom stereocenters. The molecule has 0 amide bonds. The van der Waals surface area contributed by atoms with Crippen molar-refractivity contribution in [3.8, 4) is 0 Å². The summed E-state index contributed by atoms with van der Waals surface area (Å²) in [7, 11) is 0. The number of benzene rings is 2. The molecule has 1 aliphatic rings. The van der Waals surface area contributed by atoms with Gasteiger partial charge in [0, 0.05) is 18.3 Å². The first kappa shape index (κ1) is 12.5. The zero-order valence-corrected chi connectivity index (χ0v) is 11.6. The topological polar surface area (TPSA) is 24.1 Å². The molecule has 19 heavy (non-hydrogen) atoms. The van der Waals surface area contributed by atoms with E-state index in [1.165, 1.54) is 47.8 Å². The fourth-order valence-corrected chi connectivity index (χ4v) is 2.81. The van der Waals surface area contributed by atoms with Gasteiger partial charge in [0.05, 0.1) is 0 Å². The zero-order chi connectivity index (χ0) is 13.1. The Morgan fingerprint density at radius 1 is 1.11 bits per heavy atom. The maximum atomic E-state index is 3.57. The summed E-state index contributed by atoms with van der Waals surface area (Å²) >= 11 is 0. The maximum Gasteiger partial charge on any atom is 0.0347 e. The highest BCUT2D eigenvalue weighted by Gasteiger charge is 2.11. The summed E-state index contributed by atoms with van der Waals surface area (Å²) in [4.78, 5) is 0. The third-order valence-corrected chi connectivity index (χ3v) is 3.96. The standard InChI is InChI=1S/C17H22N2/c1-13-5-6-15-11-16(8-7-14(15)10-13)19-12-17-4-2-3-9-18-17/h5-8,10-11,17-19H,2-4,9,12H2,1H3. The van der Waals surface area contributed by atoms with Crippen LogP contribution in [0.2, 0.25) is 0 Å². The molecule has 0 aromatic heterocycles. The summed E-state index contributed by atoms with van der Waals surface area (Å²) < 4.78 is 0. The first-order valence-corrected chi connectivity index (χ1v) is 7.29. The molecule has 1 heterocycles. The molecule has 0 saturated carbocycles. The van der Waals surface area contributed by atoms with E-state index in [1.54, 1.807) is 0 Å². The molecule has 2 aromatic rings. The highest BCUT2D eigenvalue weighted by Crippen LogP contribution is 2.20. The van der Waals surface area contributed by atoms with Crippen LogP contribution in [0.5, 0.6) is 0 Å². The van der Waals surface area contributed by atoms with Crippen molar-refractivity contribution in [3.63, 3.8) is 0 Å². The van der Waals surface area contributed by atoms with E-state index in [4.69, 9.17) is 0 Å². The third kappa shape index (κ3) is 3.07. The fourth-order valence-electron chi connectivity index (χ4n) is 2.81. The lowest BCUT2D eigenvalue weighted by Gasteiger charge is -2.24. The van der Waals surface area contributed by atoms with Crippen molar-refractivity contribution in [2.24, 2.45) is 0 Å². The summed E-state index contributed by atoms with van der Waals surface area (Å²) in [5, 5.41) is 9.76. The van der Waals surface area contributed by atoms with Crippen LogP contribution in [-0.4, -0.2) is 19.1 Å². The largest absolute Gasteiger partial charge is 0.383 e. The molecule has 2 aromatic carbocycles. The Morgan fingerprint density at radius 2 is 1.95 bits per heavy atom. The van der Waals surface area contributed by atoms with Gasteiger partial charge in [-0.05, 0) is 49.2 Å². The predicted molar refractivity (Wildman–Crippen MR) is 82.8 cm³/mol. The number of hydrogen-bond acceptors (Lipinski definition) is 2. The smallest absolute Gasteiger partial charge is 0.0347 e. The van der Waals surface area contributed by atoms with Gasteiger partial charge in [-0.2, -0.15) is 0 Å². The Labute approximate surface area is 115 Å². The van der Waals surface area contributed by atoms with Crippen LogP contribution in [0.15, 0.2) is 36.4 Å². The van der Waals surface area contributed by atoms with E-state index < -0.39 is 0 Å². The summed E-state index contributed by atoms with van der Waals surface area (Å²) in [5.74, 6) is 0. The van der Waals surface area contributed by atoms with Gasteiger partial charge in [0.15, 0.2) is 0 Å². The van der Waals surface area contributed by atoms with E-state index in [2.05, 4.69) is 54.0 Å². The van der Waals surface area contributed by atoms with Crippen molar-refractivity contribution in [3.05, 3.63) is 42.0 Å². The number of anilines is 1. The quantitative estimate of drug-likeness (QED) is 0.872. The monoisotopic (exact) mass is 254 g/mol. The highest BCUT2D eigenvalue weighted by molar-refractivity contribution is 5.86. The van der Waals surface area contributed by atoms with E-state index in [-0.39, 0.29) is 0 Å². The third-order valence-electron chi connectivity index (χ3n) is 3.96. The number of piperidine rings is 1. The molecular weight excluding hydrogens is 232 g/mol. The lowest BCUT2D eigenvalue weighted by atomic mass is 10.0. The van der Waals surface area contributed by atoms with Gasteiger partial charge in [0.25, 0.3) is 0 Å². The molecule has 2 heteroatoms. The number of nitrogens with one attached hydrogen (secondary N) is 2. The lowest BCUT2D eigenvalue weighted by molar-refractivity contribution is 0.414. The molecule has 2 nitrogen and oxygen atoms in total. The molecule has 0 spiro atoms. The van der Waals surface area contributed by atoms with Crippen molar-refractivity contribution < 1.29 is 0 Å². The van der Waals surface area contributed by atoms with Crippen molar-refractivity contribution in [1.82, 2.24) is 5.32 Å². The fraction of sp³-hybridized carbons (Fsp3) is 0.412. The summed E-state index contributed by atoms with van der Waals surface area (Å²) in [6.45, 7) is 4.33. The second-order valence-corrected chi connectivity index (χ2v) is 5.59. The van der Waals surface area contributed by atoms with Crippen LogP contribution < -0.4 is 10.6 Å². The lowest BCUT2D eigenvalue weighted by Crippen LogP contribution is -2.39. The van der Waals surface area contributed by atoms with Crippen LogP contribution in [0.4, 0.5) is 5.69 Å². The summed E-state index contributed by atoms with van der Waals surface area (Å²) in [6.07, 6.45) is 3.97. The molecule has 100 valence electrons. The van der Waals surface area contributed by atoms with Gasteiger partial charge in [-0.25, -0.2) is 0 Å². The van der Waals surface area contributed by atoms with Gasteiger partial charge < -0.3 is 10.6 Å². The molecule has 0 bridgehead atoms. The van der Waals surface area contributed by atoms with Gasteiger partial charge in [-0.3, -0.25) is 0 Å². The van der Waals surface area contributed by atoms with Gasteiger partial charge in [-0.1, -0.05) is 36.2 Å².